The molecule has 0 aromatic carbocycles. The first-order chi connectivity index (χ1) is 5.15. The van der Waals surface area contributed by atoms with Crippen LogP contribution in [0.15, 0.2) is 12.3 Å². The van der Waals surface area contributed by atoms with Gasteiger partial charge in [-0.1, -0.05) is 0 Å². The van der Waals surface area contributed by atoms with E-state index in [1.54, 1.807) is 0 Å². The second kappa shape index (κ2) is 2.53. The molecule has 0 spiro atoms. The number of hydrogen-bond donors (Lipinski definition) is 3. The number of methoxy groups -OCH3 is 1. The number of nitrogens with zero attached hydrogens (tertiary/aromatic N) is 1. The molecule has 1 aromatic heterocycles. The van der Waals surface area contributed by atoms with Gasteiger partial charge in [0.1, 0.15) is 0 Å². The van der Waals surface area contributed by atoms with Crippen LogP contribution in [0, 0.1) is 5.41 Å². The summed E-state index contributed by atoms with van der Waals surface area (Å²) in [5, 5.41) is 24.9. The average molecular weight is 156 g/mol. The lowest BCUT2D eigenvalue weighted by Gasteiger charge is -2.03. The summed E-state index contributed by atoms with van der Waals surface area (Å²) in [7, 11) is 1.37. The molecule has 3 N–H and O–H groups in total. The monoisotopic (exact) mass is 156 g/mol. The second-order valence-electron chi connectivity index (χ2n) is 1.96. The zero-order valence-corrected chi connectivity index (χ0v) is 5.90. The van der Waals surface area contributed by atoms with Crippen molar-refractivity contribution >= 4 is 0 Å². The molecule has 0 radical (unpaired) electrons. The highest BCUT2D eigenvalue weighted by molar-refractivity contribution is 5.34. The Morgan fingerprint density at radius 2 is 2.27 bits per heavy atom. The lowest BCUT2D eigenvalue weighted by Crippen LogP contribution is -2.15. The zero-order valence-electron chi connectivity index (χ0n) is 5.90. The molecule has 0 amide bonds. The first-order valence-electron chi connectivity index (χ1n) is 2.88. The molecule has 1 rings (SSSR count). The van der Waals surface area contributed by atoms with E-state index in [0.717, 1.165) is 6.20 Å². The third-order valence-electron chi connectivity index (χ3n) is 1.23. The Labute approximate surface area is 62.6 Å². The molecule has 0 aliphatic rings. The van der Waals surface area contributed by atoms with E-state index in [1.807, 2.05) is 0 Å². The lowest BCUT2D eigenvalue weighted by atomic mass is 10.4. The van der Waals surface area contributed by atoms with E-state index in [0.29, 0.717) is 4.73 Å². The van der Waals surface area contributed by atoms with E-state index >= 15 is 0 Å². The molecule has 0 aliphatic heterocycles. The standard InChI is InChI=1S/C6H8N2O3/c1-11-5-2-6(7)8(10)3-4(5)9/h2-3,7,9-10H,1H3. The first kappa shape index (κ1) is 7.46. The van der Waals surface area contributed by atoms with E-state index in [9.17, 15) is 0 Å². The number of ether oxygens (including phenoxy) is 1. The van der Waals surface area contributed by atoms with Crippen molar-refractivity contribution in [1.29, 1.82) is 5.41 Å². The second-order valence-corrected chi connectivity index (χ2v) is 1.96. The van der Waals surface area contributed by atoms with Crippen molar-refractivity contribution in [3.8, 4) is 11.5 Å². The van der Waals surface area contributed by atoms with Crippen molar-refractivity contribution in [3.05, 3.63) is 17.8 Å². The maximum atomic E-state index is 9.03. The molecule has 0 atom stereocenters. The summed E-state index contributed by atoms with van der Waals surface area (Å²) in [6.45, 7) is 0. The molecule has 0 saturated heterocycles. The summed E-state index contributed by atoms with van der Waals surface area (Å²) in [4.78, 5) is 0. The van der Waals surface area contributed by atoms with Crippen molar-refractivity contribution in [2.45, 2.75) is 0 Å². The number of hydrogen-bond acceptors (Lipinski definition) is 4. The Morgan fingerprint density at radius 3 is 2.82 bits per heavy atom. The van der Waals surface area contributed by atoms with E-state index in [4.69, 9.17) is 15.7 Å². The SMILES string of the molecule is COc1cc(=N)n(O)cc1O. The molecule has 0 unspecified atom stereocenters. The van der Waals surface area contributed by atoms with Gasteiger partial charge >= 0.3 is 0 Å². The van der Waals surface area contributed by atoms with Gasteiger partial charge in [0, 0.05) is 6.07 Å². The van der Waals surface area contributed by atoms with Gasteiger partial charge < -0.3 is 15.1 Å². The van der Waals surface area contributed by atoms with Crippen molar-refractivity contribution in [1.82, 2.24) is 4.73 Å². The minimum Gasteiger partial charge on any atom is -0.503 e. The minimum atomic E-state index is -0.203. The Kier molecular flexibility index (Phi) is 1.72. The maximum Gasteiger partial charge on any atom is 0.178 e. The Hall–Kier alpha value is -1.65. The number of aromatic hydroxyl groups is 1. The molecular weight excluding hydrogens is 148 g/mol. The third kappa shape index (κ3) is 1.26. The van der Waals surface area contributed by atoms with Gasteiger partial charge in [0.05, 0.1) is 13.3 Å². The van der Waals surface area contributed by atoms with Gasteiger partial charge in [-0.05, 0) is 0 Å². The molecule has 1 heterocycles. The van der Waals surface area contributed by atoms with Crippen LogP contribution in [0.5, 0.6) is 11.5 Å². The van der Waals surface area contributed by atoms with Gasteiger partial charge in [0.2, 0.25) is 0 Å². The Morgan fingerprint density at radius 1 is 1.64 bits per heavy atom. The zero-order chi connectivity index (χ0) is 8.43. The summed E-state index contributed by atoms with van der Waals surface area (Å²) in [5.74, 6) is -0.0358. The normalized spacial score (nSPS) is 9.55. The molecule has 5 heteroatoms. The van der Waals surface area contributed by atoms with Crippen LogP contribution < -0.4 is 10.2 Å². The van der Waals surface area contributed by atoms with Crippen LogP contribution in [-0.2, 0) is 0 Å². The number of rotatable bonds is 1. The molecule has 11 heavy (non-hydrogen) atoms. The highest BCUT2D eigenvalue weighted by atomic mass is 16.5. The van der Waals surface area contributed by atoms with E-state index in [1.165, 1.54) is 13.2 Å². The molecule has 1 aromatic rings. The molecule has 0 saturated carbocycles. The van der Waals surface area contributed by atoms with E-state index in [-0.39, 0.29) is 17.0 Å². The fourth-order valence-corrected chi connectivity index (χ4v) is 0.677. The average Bonchev–Trinajstić information content (AvgIpc) is 1.97. The van der Waals surface area contributed by atoms with Crippen molar-refractivity contribution < 1.29 is 15.1 Å². The molecule has 0 bridgehead atoms. The fraction of sp³-hybridized carbons (Fsp3) is 0.167. The van der Waals surface area contributed by atoms with Crippen LogP contribution in [0.1, 0.15) is 0 Å². The van der Waals surface area contributed by atoms with Crippen LogP contribution in [-0.4, -0.2) is 22.2 Å². The topological polar surface area (TPSA) is 78.5 Å². The predicted octanol–water partition coefficient (Wildman–Crippen LogP) is -0.0809. The summed E-state index contributed by atoms with van der Waals surface area (Å²) in [6.07, 6.45) is 0.987. The van der Waals surface area contributed by atoms with Gasteiger partial charge in [-0.3, -0.25) is 5.41 Å². The van der Waals surface area contributed by atoms with Crippen LogP contribution in [0.25, 0.3) is 0 Å². The summed E-state index contributed by atoms with van der Waals surface area (Å²) < 4.78 is 5.18. The first-order valence-corrected chi connectivity index (χ1v) is 2.88. The number of nitrogens with one attached hydrogen (secondary N) is 1. The quantitative estimate of drug-likeness (QED) is 0.497. The van der Waals surface area contributed by atoms with Gasteiger partial charge in [-0.25, -0.2) is 0 Å². The van der Waals surface area contributed by atoms with Crippen LogP contribution in [0.4, 0.5) is 0 Å². The largest absolute Gasteiger partial charge is 0.503 e. The van der Waals surface area contributed by atoms with Gasteiger partial charge in [0.15, 0.2) is 17.0 Å². The van der Waals surface area contributed by atoms with Crippen molar-refractivity contribution in [2.24, 2.45) is 0 Å². The van der Waals surface area contributed by atoms with Gasteiger partial charge in [-0.15, -0.1) is 0 Å². The van der Waals surface area contributed by atoms with Crippen molar-refractivity contribution in [2.75, 3.05) is 7.11 Å². The summed E-state index contributed by atoms with van der Waals surface area (Å²) >= 11 is 0. The number of pyridine rings is 1. The highest BCUT2D eigenvalue weighted by Gasteiger charge is 2.01. The minimum absolute atomic E-state index is 0.153. The maximum absolute atomic E-state index is 9.03. The third-order valence-corrected chi connectivity index (χ3v) is 1.23. The van der Waals surface area contributed by atoms with E-state index in [2.05, 4.69) is 4.74 Å². The van der Waals surface area contributed by atoms with E-state index < -0.39 is 0 Å². The van der Waals surface area contributed by atoms with Crippen LogP contribution >= 0.6 is 0 Å². The fourth-order valence-electron chi connectivity index (χ4n) is 0.677. The van der Waals surface area contributed by atoms with Crippen LogP contribution in [0.2, 0.25) is 0 Å². The molecule has 0 fully saturated rings. The number of aromatic nitrogens is 1. The molecule has 60 valence electrons. The summed E-state index contributed by atoms with van der Waals surface area (Å²) in [6, 6.07) is 1.20. The van der Waals surface area contributed by atoms with Gasteiger partial charge in [0.25, 0.3) is 0 Å². The van der Waals surface area contributed by atoms with Gasteiger partial charge in [-0.2, -0.15) is 4.73 Å². The van der Waals surface area contributed by atoms with Crippen LogP contribution in [0.3, 0.4) is 0 Å². The molecule has 0 aliphatic carbocycles. The summed E-state index contributed by atoms with van der Waals surface area (Å²) in [5.41, 5.74) is -0.153. The smallest absolute Gasteiger partial charge is 0.178 e. The Bertz CT molecular complexity index is 318. The molecule has 5 nitrogen and oxygen atoms in total. The predicted molar refractivity (Wildman–Crippen MR) is 35.7 cm³/mol. The highest BCUT2D eigenvalue weighted by Crippen LogP contribution is 2.20. The Balaban J connectivity index is 3.32. The lowest BCUT2D eigenvalue weighted by molar-refractivity contribution is 0.165. The molecular formula is C6H8N2O3. The van der Waals surface area contributed by atoms with Crippen molar-refractivity contribution in [3.63, 3.8) is 0 Å².